The van der Waals surface area contributed by atoms with Crippen molar-refractivity contribution in [1.82, 2.24) is 10.6 Å². The van der Waals surface area contributed by atoms with E-state index < -0.39 is 0 Å². The van der Waals surface area contributed by atoms with Gasteiger partial charge in [-0.3, -0.25) is 4.79 Å². The van der Waals surface area contributed by atoms with Crippen molar-refractivity contribution in [3.63, 3.8) is 0 Å². The van der Waals surface area contributed by atoms with Gasteiger partial charge in [0.15, 0.2) is 0 Å². The van der Waals surface area contributed by atoms with Crippen molar-refractivity contribution in [2.45, 2.75) is 52.0 Å². The van der Waals surface area contributed by atoms with Gasteiger partial charge in [-0.05, 0) is 56.4 Å². The minimum absolute atomic E-state index is 0.0669. The summed E-state index contributed by atoms with van der Waals surface area (Å²) in [5.74, 6) is 0.0669. The Morgan fingerprint density at radius 2 is 1.96 bits per heavy atom. The van der Waals surface area contributed by atoms with Crippen LogP contribution in [-0.2, 0) is 4.79 Å². The number of piperidine rings is 1. The van der Waals surface area contributed by atoms with Crippen LogP contribution in [0.25, 0.3) is 0 Å². The van der Waals surface area contributed by atoms with E-state index in [1.165, 1.54) is 43.5 Å². The number of likely N-dealkylation sites (tertiary alicyclic amines) is 1. The predicted octanol–water partition coefficient (Wildman–Crippen LogP) is 1.17. The van der Waals surface area contributed by atoms with Crippen LogP contribution < -0.4 is 20.4 Å². The molecule has 0 saturated carbocycles. The topological polar surface area (TPSA) is 65.9 Å². The number of quaternary nitrogens is 1. The number of nitrogens with zero attached hydrogens (tertiary/aromatic N) is 1. The van der Waals surface area contributed by atoms with E-state index in [2.05, 4.69) is 17.6 Å². The molecule has 0 bridgehead atoms. The highest BCUT2D eigenvalue weighted by Crippen LogP contribution is 2.24. The summed E-state index contributed by atoms with van der Waals surface area (Å²) in [5, 5.41) is 5.90. The number of urea groups is 1. The van der Waals surface area contributed by atoms with Crippen LogP contribution in [-0.4, -0.2) is 50.7 Å². The number of nitrogens with one attached hydrogen (secondary N) is 3. The van der Waals surface area contributed by atoms with Crippen molar-refractivity contribution < 1.29 is 14.5 Å². The first-order chi connectivity index (χ1) is 13.0. The molecule has 2 fully saturated rings. The third-order valence-corrected chi connectivity index (χ3v) is 5.82. The monoisotopic (exact) mass is 373 g/mol. The summed E-state index contributed by atoms with van der Waals surface area (Å²) < 4.78 is 0. The van der Waals surface area contributed by atoms with Gasteiger partial charge >= 0.3 is 6.03 Å². The molecule has 0 aromatic heterocycles. The van der Waals surface area contributed by atoms with E-state index in [1.54, 1.807) is 9.80 Å². The van der Waals surface area contributed by atoms with Gasteiger partial charge in [-0.1, -0.05) is 6.07 Å². The molecule has 6 nitrogen and oxygen atoms in total. The third-order valence-electron chi connectivity index (χ3n) is 5.82. The number of carbonyl (C=O) groups is 2. The number of aryl methyl sites for hydroxylation is 2. The highest BCUT2D eigenvalue weighted by molar-refractivity contribution is 5.96. The summed E-state index contributed by atoms with van der Waals surface area (Å²) >= 11 is 0. The summed E-state index contributed by atoms with van der Waals surface area (Å²) in [6.07, 6.45) is 5.38. The SMILES string of the molecule is Cc1ccc(N2C[C@H](NC(=O)NCCC[NH+]3CCCCC3)CC2=O)cc1C. The van der Waals surface area contributed by atoms with E-state index in [0.29, 0.717) is 19.5 Å². The van der Waals surface area contributed by atoms with E-state index >= 15 is 0 Å². The minimum Gasteiger partial charge on any atom is -0.338 e. The van der Waals surface area contributed by atoms with Gasteiger partial charge in [0.2, 0.25) is 5.91 Å². The Balaban J connectivity index is 1.39. The molecule has 3 N–H and O–H groups in total. The Labute approximate surface area is 162 Å². The molecule has 3 rings (SSSR count). The Morgan fingerprint density at radius 3 is 2.70 bits per heavy atom. The molecule has 1 aromatic rings. The number of hydrogen-bond donors (Lipinski definition) is 3. The zero-order valence-corrected chi connectivity index (χ0v) is 16.6. The lowest BCUT2D eigenvalue weighted by atomic mass is 10.1. The highest BCUT2D eigenvalue weighted by atomic mass is 16.2. The quantitative estimate of drug-likeness (QED) is 0.656. The molecule has 6 heteroatoms. The summed E-state index contributed by atoms with van der Waals surface area (Å²) in [6.45, 7) is 9.00. The summed E-state index contributed by atoms with van der Waals surface area (Å²) in [4.78, 5) is 27.9. The molecule has 1 aromatic carbocycles. The van der Waals surface area contributed by atoms with Gasteiger partial charge < -0.3 is 20.4 Å². The molecule has 0 radical (unpaired) electrons. The van der Waals surface area contributed by atoms with E-state index in [-0.39, 0.29) is 18.0 Å². The fourth-order valence-corrected chi connectivity index (χ4v) is 4.03. The van der Waals surface area contributed by atoms with Crippen molar-refractivity contribution in [2.75, 3.05) is 37.6 Å². The molecule has 148 valence electrons. The Kier molecular flexibility index (Phi) is 6.72. The molecule has 2 saturated heterocycles. The van der Waals surface area contributed by atoms with Crippen LogP contribution >= 0.6 is 0 Å². The van der Waals surface area contributed by atoms with Crippen LogP contribution in [0.3, 0.4) is 0 Å². The molecule has 3 amide bonds. The molecule has 1 atom stereocenters. The first-order valence-electron chi connectivity index (χ1n) is 10.3. The zero-order chi connectivity index (χ0) is 19.2. The first-order valence-corrected chi connectivity index (χ1v) is 10.3. The smallest absolute Gasteiger partial charge is 0.315 e. The zero-order valence-electron chi connectivity index (χ0n) is 16.6. The highest BCUT2D eigenvalue weighted by Gasteiger charge is 2.31. The first kappa shape index (κ1) is 19.7. The third kappa shape index (κ3) is 5.45. The number of benzene rings is 1. The van der Waals surface area contributed by atoms with Crippen molar-refractivity contribution in [1.29, 1.82) is 0 Å². The van der Waals surface area contributed by atoms with Gasteiger partial charge in [0.05, 0.1) is 25.7 Å². The summed E-state index contributed by atoms with van der Waals surface area (Å²) in [5.41, 5.74) is 3.30. The maximum absolute atomic E-state index is 12.3. The predicted molar refractivity (Wildman–Crippen MR) is 107 cm³/mol. The molecule has 0 spiro atoms. The second-order valence-corrected chi connectivity index (χ2v) is 7.99. The largest absolute Gasteiger partial charge is 0.338 e. The maximum Gasteiger partial charge on any atom is 0.315 e. The lowest BCUT2D eigenvalue weighted by molar-refractivity contribution is -0.904. The van der Waals surface area contributed by atoms with Gasteiger partial charge in [-0.25, -0.2) is 4.79 Å². The normalized spacial score (nSPS) is 20.7. The Hall–Kier alpha value is -2.08. The van der Waals surface area contributed by atoms with Gasteiger partial charge in [-0.2, -0.15) is 0 Å². The molecule has 2 aliphatic heterocycles. The van der Waals surface area contributed by atoms with Gasteiger partial charge in [0.25, 0.3) is 0 Å². The number of rotatable bonds is 6. The van der Waals surface area contributed by atoms with Gasteiger partial charge in [0, 0.05) is 31.6 Å². The average Bonchev–Trinajstić information content (AvgIpc) is 3.02. The van der Waals surface area contributed by atoms with E-state index in [4.69, 9.17) is 0 Å². The fraction of sp³-hybridized carbons (Fsp3) is 0.619. The van der Waals surface area contributed by atoms with Crippen LogP contribution in [0.2, 0.25) is 0 Å². The molecule has 0 aliphatic carbocycles. The molecule has 27 heavy (non-hydrogen) atoms. The van der Waals surface area contributed by atoms with Crippen LogP contribution in [0.5, 0.6) is 0 Å². The van der Waals surface area contributed by atoms with Crippen LogP contribution in [0.4, 0.5) is 10.5 Å². The Bertz CT molecular complexity index is 670. The number of hydrogen-bond acceptors (Lipinski definition) is 2. The molecular weight excluding hydrogens is 340 g/mol. The Morgan fingerprint density at radius 1 is 1.19 bits per heavy atom. The minimum atomic E-state index is -0.164. The standard InChI is InChI=1S/C21H32N4O2/c1-16-7-8-19(13-17(16)2)25-15-18(14-20(25)26)23-21(27)22-9-6-12-24-10-4-3-5-11-24/h7-8,13,18H,3-6,9-12,14-15H2,1-2H3,(H2,22,23,27)/p+1/t18-/m1/s1. The van der Waals surface area contributed by atoms with Gasteiger partial charge in [0.1, 0.15) is 0 Å². The lowest BCUT2D eigenvalue weighted by Gasteiger charge is -2.23. The second kappa shape index (κ2) is 9.22. The van der Waals surface area contributed by atoms with E-state index in [9.17, 15) is 9.59 Å². The fourth-order valence-electron chi connectivity index (χ4n) is 4.03. The summed E-state index contributed by atoms with van der Waals surface area (Å²) in [7, 11) is 0. The maximum atomic E-state index is 12.3. The van der Waals surface area contributed by atoms with Crippen LogP contribution in [0, 0.1) is 13.8 Å². The van der Waals surface area contributed by atoms with Crippen molar-refractivity contribution in [3.05, 3.63) is 29.3 Å². The average molecular weight is 374 g/mol. The number of carbonyl (C=O) groups excluding carboxylic acids is 2. The van der Waals surface area contributed by atoms with Crippen molar-refractivity contribution in [3.8, 4) is 0 Å². The molecule has 2 heterocycles. The molecule has 2 aliphatic rings. The molecular formula is C21H33N4O2+. The number of amides is 3. The lowest BCUT2D eigenvalue weighted by Crippen LogP contribution is -3.12. The van der Waals surface area contributed by atoms with Crippen molar-refractivity contribution in [2.24, 2.45) is 0 Å². The van der Waals surface area contributed by atoms with E-state index in [0.717, 1.165) is 18.7 Å². The summed E-state index contributed by atoms with van der Waals surface area (Å²) in [6, 6.07) is 5.76. The van der Waals surface area contributed by atoms with Gasteiger partial charge in [-0.15, -0.1) is 0 Å². The van der Waals surface area contributed by atoms with Crippen LogP contribution in [0.1, 0.15) is 43.2 Å². The number of anilines is 1. The molecule has 0 unspecified atom stereocenters. The van der Waals surface area contributed by atoms with Crippen molar-refractivity contribution >= 4 is 17.6 Å². The van der Waals surface area contributed by atoms with Crippen LogP contribution in [0.15, 0.2) is 18.2 Å². The second-order valence-electron chi connectivity index (χ2n) is 7.99. The van der Waals surface area contributed by atoms with E-state index in [1.807, 2.05) is 25.1 Å².